The molecule has 2 rings (SSSR count). The first-order chi connectivity index (χ1) is 6.33. The molecule has 1 aromatic carbocycles. The summed E-state index contributed by atoms with van der Waals surface area (Å²) in [6.07, 6.45) is 2.03. The lowest BCUT2D eigenvalue weighted by Crippen LogP contribution is -2.32. The summed E-state index contributed by atoms with van der Waals surface area (Å²) in [5.41, 5.74) is 7.91. The van der Waals surface area contributed by atoms with Gasteiger partial charge in [0.15, 0.2) is 6.20 Å². The molecule has 0 aliphatic carbocycles. The van der Waals surface area contributed by atoms with Gasteiger partial charge in [0.1, 0.15) is 6.54 Å². The Bertz CT molecular complexity index is 435. The van der Waals surface area contributed by atoms with E-state index in [2.05, 4.69) is 23.6 Å². The third kappa shape index (κ3) is 1.24. The van der Waals surface area contributed by atoms with Crippen molar-refractivity contribution in [1.29, 1.82) is 0 Å². The van der Waals surface area contributed by atoms with Crippen molar-refractivity contribution in [2.24, 2.45) is 0 Å². The van der Waals surface area contributed by atoms with Crippen LogP contribution in [0, 0.1) is 0 Å². The second-order valence-corrected chi connectivity index (χ2v) is 3.07. The maximum Gasteiger partial charge on any atom is 0.214 e. The van der Waals surface area contributed by atoms with Gasteiger partial charge in [-0.05, 0) is 13.0 Å². The van der Waals surface area contributed by atoms with Crippen LogP contribution in [0.1, 0.15) is 6.92 Å². The minimum atomic E-state index is 0.848. The van der Waals surface area contributed by atoms with Gasteiger partial charge in [-0.1, -0.05) is 12.1 Å². The van der Waals surface area contributed by atoms with Crippen LogP contribution in [-0.4, -0.2) is 0 Å². The van der Waals surface area contributed by atoms with Crippen molar-refractivity contribution in [2.45, 2.75) is 13.5 Å². The Morgan fingerprint density at radius 2 is 2.00 bits per heavy atom. The number of nitrogen functional groups attached to an aromatic ring is 1. The van der Waals surface area contributed by atoms with Gasteiger partial charge in [-0.25, -0.2) is 0 Å². The van der Waals surface area contributed by atoms with Crippen molar-refractivity contribution in [1.82, 2.24) is 0 Å². The Hall–Kier alpha value is -1.57. The summed E-state index contributed by atoms with van der Waals surface area (Å²) < 4.78 is 2.19. The molecule has 0 fully saturated rings. The maximum atomic E-state index is 5.87. The average molecular weight is 173 g/mol. The number of pyridine rings is 1. The predicted octanol–water partition coefficient (Wildman–Crippen LogP) is 1.73. The summed E-state index contributed by atoms with van der Waals surface area (Å²) in [4.78, 5) is 0. The van der Waals surface area contributed by atoms with Crippen molar-refractivity contribution in [3.8, 4) is 0 Å². The standard InChI is InChI=1S/C11H12N2/c1-2-13-8-7-10(12)9-5-3-4-6-11(9)13/h3-8,12H,2H2,1H3/p+1. The lowest BCUT2D eigenvalue weighted by Gasteiger charge is -2.00. The molecule has 0 aliphatic rings. The van der Waals surface area contributed by atoms with Gasteiger partial charge in [0.2, 0.25) is 5.52 Å². The minimum Gasteiger partial charge on any atom is -0.398 e. The first-order valence-electron chi connectivity index (χ1n) is 4.49. The molecule has 0 bridgehead atoms. The first-order valence-corrected chi connectivity index (χ1v) is 4.49. The van der Waals surface area contributed by atoms with Crippen LogP contribution in [0.25, 0.3) is 10.9 Å². The number of nitrogens with two attached hydrogens (primary N) is 1. The van der Waals surface area contributed by atoms with Gasteiger partial charge in [-0.15, -0.1) is 0 Å². The zero-order valence-electron chi connectivity index (χ0n) is 7.70. The summed E-state index contributed by atoms with van der Waals surface area (Å²) in [7, 11) is 0. The molecular weight excluding hydrogens is 160 g/mol. The van der Waals surface area contributed by atoms with Crippen LogP contribution < -0.4 is 10.3 Å². The lowest BCUT2D eigenvalue weighted by molar-refractivity contribution is -0.667. The van der Waals surface area contributed by atoms with E-state index < -0.39 is 0 Å². The highest BCUT2D eigenvalue weighted by Gasteiger charge is 2.07. The Kier molecular flexibility index (Phi) is 1.89. The number of para-hydroxylation sites is 1. The lowest BCUT2D eigenvalue weighted by atomic mass is 10.2. The maximum absolute atomic E-state index is 5.87. The predicted molar refractivity (Wildman–Crippen MR) is 54.2 cm³/mol. The van der Waals surface area contributed by atoms with E-state index in [9.17, 15) is 0 Å². The average Bonchev–Trinajstić information content (AvgIpc) is 2.19. The van der Waals surface area contributed by atoms with Gasteiger partial charge in [-0.2, -0.15) is 4.57 Å². The summed E-state index contributed by atoms with van der Waals surface area (Å²) >= 11 is 0. The normalized spacial score (nSPS) is 10.5. The Balaban J connectivity index is 2.84. The number of aryl methyl sites for hydroxylation is 1. The SMILES string of the molecule is CC[n+]1ccc(N)c2ccccc21. The highest BCUT2D eigenvalue weighted by atomic mass is 14.9. The van der Waals surface area contributed by atoms with Gasteiger partial charge < -0.3 is 5.73 Å². The van der Waals surface area contributed by atoms with Crippen LogP contribution in [0.15, 0.2) is 36.5 Å². The Morgan fingerprint density at radius 1 is 1.23 bits per heavy atom. The number of hydrogen-bond donors (Lipinski definition) is 1. The van der Waals surface area contributed by atoms with Crippen molar-refractivity contribution in [2.75, 3.05) is 5.73 Å². The van der Waals surface area contributed by atoms with Crippen LogP contribution >= 0.6 is 0 Å². The van der Waals surface area contributed by atoms with E-state index in [4.69, 9.17) is 5.73 Å². The molecule has 13 heavy (non-hydrogen) atoms. The van der Waals surface area contributed by atoms with E-state index in [1.807, 2.05) is 24.4 Å². The fraction of sp³-hybridized carbons (Fsp3) is 0.182. The van der Waals surface area contributed by atoms with Crippen LogP contribution in [0.3, 0.4) is 0 Å². The Morgan fingerprint density at radius 3 is 2.77 bits per heavy atom. The molecule has 2 N–H and O–H groups in total. The molecule has 0 unspecified atom stereocenters. The number of nitrogens with zero attached hydrogens (tertiary/aromatic N) is 1. The molecule has 0 radical (unpaired) electrons. The smallest absolute Gasteiger partial charge is 0.214 e. The molecule has 1 heterocycles. The van der Waals surface area contributed by atoms with E-state index in [1.165, 1.54) is 5.52 Å². The van der Waals surface area contributed by atoms with Crippen LogP contribution in [-0.2, 0) is 6.54 Å². The highest BCUT2D eigenvalue weighted by molar-refractivity contribution is 5.87. The number of anilines is 1. The molecule has 0 saturated carbocycles. The summed E-state index contributed by atoms with van der Waals surface area (Å²) in [5.74, 6) is 0. The number of rotatable bonds is 1. The van der Waals surface area contributed by atoms with Gasteiger partial charge in [0.25, 0.3) is 0 Å². The van der Waals surface area contributed by atoms with Crippen molar-refractivity contribution in [3.63, 3.8) is 0 Å². The first kappa shape index (κ1) is 8.05. The molecule has 2 aromatic rings. The van der Waals surface area contributed by atoms with E-state index in [0.29, 0.717) is 0 Å². The van der Waals surface area contributed by atoms with E-state index in [1.54, 1.807) is 0 Å². The van der Waals surface area contributed by atoms with Crippen LogP contribution in [0.2, 0.25) is 0 Å². The molecule has 66 valence electrons. The topological polar surface area (TPSA) is 29.9 Å². The van der Waals surface area contributed by atoms with Crippen molar-refractivity contribution in [3.05, 3.63) is 36.5 Å². The monoisotopic (exact) mass is 173 g/mol. The minimum absolute atomic E-state index is 0.848. The van der Waals surface area contributed by atoms with Crippen molar-refractivity contribution >= 4 is 16.6 Å². The van der Waals surface area contributed by atoms with E-state index in [0.717, 1.165) is 17.6 Å². The Labute approximate surface area is 77.6 Å². The molecule has 0 amide bonds. The highest BCUT2D eigenvalue weighted by Crippen LogP contribution is 2.16. The van der Waals surface area contributed by atoms with Gasteiger partial charge in [-0.3, -0.25) is 0 Å². The van der Waals surface area contributed by atoms with Crippen LogP contribution in [0.4, 0.5) is 5.69 Å². The van der Waals surface area contributed by atoms with E-state index in [-0.39, 0.29) is 0 Å². The number of hydrogen-bond acceptors (Lipinski definition) is 1. The zero-order chi connectivity index (χ0) is 9.26. The molecule has 2 heteroatoms. The van der Waals surface area contributed by atoms with Gasteiger partial charge in [0.05, 0.1) is 11.1 Å². The molecule has 1 aromatic heterocycles. The van der Waals surface area contributed by atoms with Crippen LogP contribution in [0.5, 0.6) is 0 Å². The third-order valence-electron chi connectivity index (χ3n) is 2.30. The molecule has 0 spiro atoms. The van der Waals surface area contributed by atoms with Gasteiger partial charge >= 0.3 is 0 Å². The molecule has 0 aliphatic heterocycles. The molecular formula is C11H13N2+. The van der Waals surface area contributed by atoms with Crippen molar-refractivity contribution < 1.29 is 4.57 Å². The zero-order valence-corrected chi connectivity index (χ0v) is 7.70. The number of benzene rings is 1. The summed E-state index contributed by atoms with van der Waals surface area (Å²) in [6, 6.07) is 10.1. The molecule has 0 saturated heterocycles. The van der Waals surface area contributed by atoms with E-state index >= 15 is 0 Å². The summed E-state index contributed by atoms with van der Waals surface area (Å²) in [5, 5.41) is 1.13. The fourth-order valence-electron chi connectivity index (χ4n) is 1.58. The number of fused-ring (bicyclic) bond motifs is 1. The molecule has 0 atom stereocenters. The number of aromatic nitrogens is 1. The fourth-order valence-corrected chi connectivity index (χ4v) is 1.58. The third-order valence-corrected chi connectivity index (χ3v) is 2.30. The largest absolute Gasteiger partial charge is 0.398 e. The quantitative estimate of drug-likeness (QED) is 0.654. The second-order valence-electron chi connectivity index (χ2n) is 3.07. The second kappa shape index (κ2) is 3.05. The molecule has 2 nitrogen and oxygen atoms in total. The summed E-state index contributed by atoms with van der Waals surface area (Å²) in [6.45, 7) is 3.10. The van der Waals surface area contributed by atoms with Gasteiger partial charge in [0, 0.05) is 12.1 Å².